The highest BCUT2D eigenvalue weighted by atomic mass is 16.4. The Bertz CT molecular complexity index is 620. The molecule has 0 bridgehead atoms. The molecule has 6 heteroatoms. The quantitative estimate of drug-likeness (QED) is 0.815. The Morgan fingerprint density at radius 2 is 1.81 bits per heavy atom. The molecule has 0 spiro atoms. The third-order valence-corrected chi connectivity index (χ3v) is 5.56. The number of nitrogens with one attached hydrogen (secondary N) is 1. The van der Waals surface area contributed by atoms with Gasteiger partial charge in [-0.1, -0.05) is 32.9 Å². The molecule has 1 heterocycles. The van der Waals surface area contributed by atoms with Gasteiger partial charge >= 0.3 is 12.0 Å². The van der Waals surface area contributed by atoms with Gasteiger partial charge in [0.15, 0.2) is 0 Å². The molecule has 2 N–H and O–H groups in total. The van der Waals surface area contributed by atoms with Gasteiger partial charge < -0.3 is 15.3 Å². The van der Waals surface area contributed by atoms with E-state index in [4.69, 9.17) is 5.11 Å². The van der Waals surface area contributed by atoms with Crippen molar-refractivity contribution >= 4 is 17.7 Å². The number of amides is 2. The van der Waals surface area contributed by atoms with Gasteiger partial charge in [0.2, 0.25) is 0 Å². The molecule has 1 aliphatic rings. The lowest BCUT2D eigenvalue weighted by Crippen LogP contribution is -2.47. The minimum atomic E-state index is -0.817. The second kappa shape index (κ2) is 8.54. The van der Waals surface area contributed by atoms with Gasteiger partial charge in [0.25, 0.3) is 0 Å². The zero-order valence-corrected chi connectivity index (χ0v) is 16.3. The molecule has 0 saturated carbocycles. The van der Waals surface area contributed by atoms with E-state index in [2.05, 4.69) is 38.2 Å². The molecule has 1 aromatic rings. The molecule has 1 aliphatic heterocycles. The Morgan fingerprint density at radius 3 is 2.31 bits per heavy atom. The van der Waals surface area contributed by atoms with Crippen molar-refractivity contribution in [2.45, 2.75) is 51.5 Å². The van der Waals surface area contributed by atoms with Gasteiger partial charge in [-0.05, 0) is 49.4 Å². The fraction of sp³-hybridized carbons (Fsp3) is 0.600. The summed E-state index contributed by atoms with van der Waals surface area (Å²) in [6.45, 7) is 7.92. The van der Waals surface area contributed by atoms with E-state index in [1.807, 2.05) is 24.1 Å². The van der Waals surface area contributed by atoms with Crippen LogP contribution in [-0.2, 0) is 10.2 Å². The van der Waals surface area contributed by atoms with Gasteiger partial charge in [0.1, 0.15) is 0 Å². The second-order valence-electron chi connectivity index (χ2n) is 7.77. The summed E-state index contributed by atoms with van der Waals surface area (Å²) in [4.78, 5) is 26.9. The van der Waals surface area contributed by atoms with Crippen molar-refractivity contribution in [3.05, 3.63) is 29.8 Å². The molecule has 0 unspecified atom stereocenters. The van der Waals surface area contributed by atoms with Crippen LogP contribution in [0.1, 0.15) is 45.6 Å². The zero-order valence-electron chi connectivity index (χ0n) is 16.3. The molecule has 2 rings (SSSR count). The number of carbonyl (C=O) groups is 2. The molecule has 0 radical (unpaired) electrons. The number of likely N-dealkylation sites (tertiary alicyclic amines) is 1. The molecule has 2 amide bonds. The van der Waals surface area contributed by atoms with E-state index in [1.54, 1.807) is 4.90 Å². The monoisotopic (exact) mass is 361 g/mol. The Hall–Kier alpha value is -2.08. The number of aliphatic carboxylic acids is 1. The largest absolute Gasteiger partial charge is 0.480 e. The van der Waals surface area contributed by atoms with E-state index in [1.165, 1.54) is 5.56 Å². The molecule has 0 aromatic heterocycles. The van der Waals surface area contributed by atoms with Gasteiger partial charge in [-0.15, -0.1) is 0 Å². The number of hydrogen-bond donors (Lipinski definition) is 2. The van der Waals surface area contributed by atoms with Crippen LogP contribution < -0.4 is 5.32 Å². The molecule has 1 aromatic carbocycles. The predicted octanol–water partition coefficient (Wildman–Crippen LogP) is 3.39. The van der Waals surface area contributed by atoms with E-state index < -0.39 is 5.97 Å². The number of anilines is 1. The summed E-state index contributed by atoms with van der Waals surface area (Å²) in [6.07, 6.45) is 2.64. The average Bonchev–Trinajstić information content (AvgIpc) is 2.61. The van der Waals surface area contributed by atoms with Crippen molar-refractivity contribution in [1.29, 1.82) is 0 Å². The second-order valence-corrected chi connectivity index (χ2v) is 7.77. The smallest absolute Gasteiger partial charge is 0.321 e. The van der Waals surface area contributed by atoms with Gasteiger partial charge in [0, 0.05) is 24.8 Å². The lowest BCUT2D eigenvalue weighted by atomic mass is 9.82. The SMILES string of the molecule is CCC(C)(C)c1ccc(NC(=O)N2CCC(N(C)CC(=O)O)CC2)cc1. The fourth-order valence-electron chi connectivity index (χ4n) is 3.26. The molecule has 0 atom stereocenters. The highest BCUT2D eigenvalue weighted by molar-refractivity contribution is 5.89. The van der Waals surface area contributed by atoms with E-state index >= 15 is 0 Å². The number of carboxylic acids is 1. The third-order valence-electron chi connectivity index (χ3n) is 5.56. The minimum Gasteiger partial charge on any atom is -0.480 e. The summed E-state index contributed by atoms with van der Waals surface area (Å²) in [5, 5.41) is 11.9. The molecule has 1 fully saturated rings. The van der Waals surface area contributed by atoms with E-state index in [9.17, 15) is 9.59 Å². The number of benzene rings is 1. The number of rotatable bonds is 6. The van der Waals surface area contributed by atoms with Crippen LogP contribution in [0.25, 0.3) is 0 Å². The molecule has 0 aliphatic carbocycles. The highest BCUT2D eigenvalue weighted by Gasteiger charge is 2.26. The summed E-state index contributed by atoms with van der Waals surface area (Å²) in [5.41, 5.74) is 2.20. The number of carbonyl (C=O) groups excluding carboxylic acids is 1. The van der Waals surface area contributed by atoms with E-state index in [-0.39, 0.29) is 24.0 Å². The van der Waals surface area contributed by atoms with Crippen LogP contribution >= 0.6 is 0 Å². The Balaban J connectivity index is 1.86. The van der Waals surface area contributed by atoms with Crippen LogP contribution in [0.5, 0.6) is 0 Å². The summed E-state index contributed by atoms with van der Waals surface area (Å²) in [6, 6.07) is 8.19. The number of urea groups is 1. The topological polar surface area (TPSA) is 72.9 Å². The summed E-state index contributed by atoms with van der Waals surface area (Å²) >= 11 is 0. The first kappa shape index (κ1) is 20.2. The highest BCUT2D eigenvalue weighted by Crippen LogP contribution is 2.27. The molecule has 26 heavy (non-hydrogen) atoms. The van der Waals surface area contributed by atoms with Crippen molar-refractivity contribution in [2.75, 3.05) is 32.0 Å². The van der Waals surface area contributed by atoms with Gasteiger partial charge in [-0.25, -0.2) is 4.79 Å². The van der Waals surface area contributed by atoms with Crippen LogP contribution in [0.2, 0.25) is 0 Å². The average molecular weight is 361 g/mol. The van der Waals surface area contributed by atoms with Crippen LogP contribution in [-0.4, -0.2) is 59.6 Å². The molecule has 6 nitrogen and oxygen atoms in total. The van der Waals surface area contributed by atoms with Crippen LogP contribution in [0.3, 0.4) is 0 Å². The van der Waals surface area contributed by atoms with Crippen molar-refractivity contribution in [1.82, 2.24) is 9.80 Å². The summed E-state index contributed by atoms with van der Waals surface area (Å²) in [7, 11) is 1.83. The number of nitrogens with zero attached hydrogens (tertiary/aromatic N) is 2. The minimum absolute atomic E-state index is 0.0390. The first-order chi connectivity index (χ1) is 12.2. The fourth-order valence-corrected chi connectivity index (χ4v) is 3.26. The molecular formula is C20H31N3O3. The number of hydrogen-bond acceptors (Lipinski definition) is 3. The maximum atomic E-state index is 12.5. The maximum absolute atomic E-state index is 12.5. The van der Waals surface area contributed by atoms with Crippen LogP contribution in [0.15, 0.2) is 24.3 Å². The van der Waals surface area contributed by atoms with Crippen LogP contribution in [0, 0.1) is 0 Å². The van der Waals surface area contributed by atoms with E-state index in [0.29, 0.717) is 13.1 Å². The lowest BCUT2D eigenvalue weighted by molar-refractivity contribution is -0.138. The lowest BCUT2D eigenvalue weighted by Gasteiger charge is -2.36. The van der Waals surface area contributed by atoms with Gasteiger partial charge in [-0.3, -0.25) is 9.69 Å². The van der Waals surface area contributed by atoms with Crippen molar-refractivity contribution in [3.63, 3.8) is 0 Å². The molecular weight excluding hydrogens is 330 g/mol. The first-order valence-corrected chi connectivity index (χ1v) is 9.31. The molecule has 1 saturated heterocycles. The number of carboxylic acid groups (broad SMARTS) is 1. The number of piperidine rings is 1. The summed E-state index contributed by atoms with van der Waals surface area (Å²) < 4.78 is 0. The first-order valence-electron chi connectivity index (χ1n) is 9.31. The summed E-state index contributed by atoms with van der Waals surface area (Å²) in [5.74, 6) is -0.817. The predicted molar refractivity (Wildman–Crippen MR) is 104 cm³/mol. The van der Waals surface area contributed by atoms with Crippen molar-refractivity contribution in [2.24, 2.45) is 0 Å². The van der Waals surface area contributed by atoms with E-state index in [0.717, 1.165) is 24.9 Å². The van der Waals surface area contributed by atoms with Gasteiger partial charge in [0.05, 0.1) is 6.54 Å². The standard InChI is InChI=1S/C20H31N3O3/c1-5-20(2,3)15-6-8-16(9-7-15)21-19(26)23-12-10-17(11-13-23)22(4)14-18(24)25/h6-9,17H,5,10-14H2,1-4H3,(H,21,26)(H,24,25). The van der Waals surface area contributed by atoms with Crippen molar-refractivity contribution in [3.8, 4) is 0 Å². The number of likely N-dealkylation sites (N-methyl/N-ethyl adjacent to an activating group) is 1. The molecule has 144 valence electrons. The Labute approximate surface area is 156 Å². The Morgan fingerprint density at radius 1 is 1.23 bits per heavy atom. The zero-order chi connectivity index (χ0) is 19.3. The maximum Gasteiger partial charge on any atom is 0.321 e. The van der Waals surface area contributed by atoms with Crippen LogP contribution in [0.4, 0.5) is 10.5 Å². The Kier molecular flexibility index (Phi) is 6.64. The van der Waals surface area contributed by atoms with Crippen molar-refractivity contribution < 1.29 is 14.7 Å². The third kappa shape index (κ3) is 5.21. The van der Waals surface area contributed by atoms with Gasteiger partial charge in [-0.2, -0.15) is 0 Å². The normalized spacial score (nSPS) is 16.0.